The summed E-state index contributed by atoms with van der Waals surface area (Å²) in [5.41, 5.74) is 0. The Morgan fingerprint density at radius 3 is 1.31 bits per heavy atom. The first-order chi connectivity index (χ1) is 6.61. The molecule has 0 aromatic carbocycles. The fourth-order valence-corrected chi connectivity index (χ4v) is 1.81. The van der Waals surface area contributed by atoms with Crippen molar-refractivity contribution in [2.45, 2.75) is 0 Å². The summed E-state index contributed by atoms with van der Waals surface area (Å²) in [5, 5.41) is 0. The Hall–Kier alpha value is -0.120. The normalized spacial score (nSPS) is 9.50. The Morgan fingerprint density at radius 1 is 0.812 bits per heavy atom. The van der Waals surface area contributed by atoms with Crippen LogP contribution in [-0.4, -0.2) is 9.13 Å². The third kappa shape index (κ3) is 2.58. The van der Waals surface area contributed by atoms with Gasteiger partial charge in [0.25, 0.3) is 0 Å². The van der Waals surface area contributed by atoms with Crippen LogP contribution >= 0.6 is 0 Å². The van der Waals surface area contributed by atoms with E-state index in [4.69, 9.17) is 0 Å². The minimum Gasteiger partial charge on any atom is -1.00 e. The zero-order valence-corrected chi connectivity index (χ0v) is 14.2. The Kier molecular flexibility index (Phi) is 5.94. The van der Waals surface area contributed by atoms with E-state index in [9.17, 15) is 0 Å². The minimum atomic E-state index is 0. The van der Waals surface area contributed by atoms with Gasteiger partial charge in [-0.1, -0.05) is 0 Å². The van der Waals surface area contributed by atoms with Crippen LogP contribution in [0.4, 0.5) is 0 Å². The fraction of sp³-hybridized carbons (Fsp3) is 0.400. The van der Waals surface area contributed by atoms with Gasteiger partial charge in [-0.05, 0) is 0 Å². The molecule has 2 rings (SSSR count). The second-order valence-corrected chi connectivity index (χ2v) is 3.69. The van der Waals surface area contributed by atoms with Crippen molar-refractivity contribution >= 4 is 0 Å². The molecule has 0 amide bonds. The molecule has 0 saturated carbocycles. The molecule has 2 heterocycles. The van der Waals surface area contributed by atoms with Gasteiger partial charge in [0.05, 0.1) is 28.2 Å². The van der Waals surface area contributed by atoms with Crippen LogP contribution in [0.1, 0.15) is 0 Å². The molecular weight excluding hydrogens is 430 g/mol. The zero-order chi connectivity index (χ0) is 10.3. The van der Waals surface area contributed by atoms with Gasteiger partial charge >= 0.3 is 11.6 Å². The summed E-state index contributed by atoms with van der Waals surface area (Å²) in [7, 11) is 8.23. The second-order valence-electron chi connectivity index (χ2n) is 3.69. The highest BCUT2D eigenvalue weighted by molar-refractivity contribution is 5.35. The lowest BCUT2D eigenvalue weighted by Crippen LogP contribution is -3.00. The number of aryl methyl sites for hydroxylation is 4. The molecule has 0 unspecified atom stereocenters. The molecule has 0 saturated heterocycles. The Labute approximate surface area is 130 Å². The van der Waals surface area contributed by atoms with Crippen molar-refractivity contribution in [3.63, 3.8) is 0 Å². The van der Waals surface area contributed by atoms with E-state index < -0.39 is 0 Å². The number of rotatable bonds is 1. The molecule has 0 N–H and O–H groups in total. The summed E-state index contributed by atoms with van der Waals surface area (Å²) < 4.78 is 8.48. The lowest BCUT2D eigenvalue weighted by Gasteiger charge is -1.95. The van der Waals surface area contributed by atoms with E-state index in [1.165, 1.54) is 11.6 Å². The maximum absolute atomic E-state index is 2.12. The Balaban J connectivity index is 0.00000112. The van der Waals surface area contributed by atoms with Crippen molar-refractivity contribution in [3.05, 3.63) is 24.8 Å². The average molecular weight is 446 g/mol. The molecule has 6 heteroatoms. The SMILES string of the molecule is Cn1cc[n+](C)c1-c1n(C)cc[n+]1C.[I-].[I-]. The van der Waals surface area contributed by atoms with Gasteiger partial charge in [0.2, 0.25) is 0 Å². The monoisotopic (exact) mass is 446 g/mol. The first-order valence-electron chi connectivity index (χ1n) is 4.63. The van der Waals surface area contributed by atoms with Crippen LogP contribution in [0.5, 0.6) is 0 Å². The highest BCUT2D eigenvalue weighted by atomic mass is 127. The maximum atomic E-state index is 2.12. The highest BCUT2D eigenvalue weighted by Crippen LogP contribution is 2.08. The van der Waals surface area contributed by atoms with E-state index in [0.717, 1.165) is 0 Å². The van der Waals surface area contributed by atoms with Gasteiger partial charge < -0.3 is 48.0 Å². The van der Waals surface area contributed by atoms with E-state index >= 15 is 0 Å². The molecule has 0 spiro atoms. The molecule has 0 atom stereocenters. The van der Waals surface area contributed by atoms with Crippen molar-refractivity contribution in [1.82, 2.24) is 9.13 Å². The molecule has 4 nitrogen and oxygen atoms in total. The number of hydrogen-bond donors (Lipinski definition) is 0. The number of nitrogens with zero attached hydrogens (tertiary/aromatic N) is 4. The Bertz CT molecular complexity index is 390. The summed E-state index contributed by atoms with van der Waals surface area (Å²) in [6.07, 6.45) is 8.23. The van der Waals surface area contributed by atoms with E-state index in [1.54, 1.807) is 0 Å². The predicted molar refractivity (Wildman–Crippen MR) is 52.2 cm³/mol. The molecule has 2 aromatic heterocycles. The average Bonchev–Trinajstić information content (AvgIpc) is 2.60. The van der Waals surface area contributed by atoms with Crippen molar-refractivity contribution in [2.24, 2.45) is 28.2 Å². The number of imidazole rings is 2. The van der Waals surface area contributed by atoms with Gasteiger partial charge in [-0.2, -0.15) is 0 Å². The number of halogens is 2. The largest absolute Gasteiger partial charge is 1.00 e. The molecule has 16 heavy (non-hydrogen) atoms. The van der Waals surface area contributed by atoms with Gasteiger partial charge in [-0.25, -0.2) is 18.3 Å². The van der Waals surface area contributed by atoms with Crippen LogP contribution in [-0.2, 0) is 28.2 Å². The third-order valence-electron chi connectivity index (χ3n) is 2.56. The molecule has 0 fully saturated rings. The quantitative estimate of drug-likeness (QED) is 0.307. The van der Waals surface area contributed by atoms with Crippen molar-refractivity contribution in [3.8, 4) is 11.6 Å². The molecule has 0 aliphatic carbocycles. The molecular formula is C10H16I2N4. The standard InChI is InChI=1S/C10H16N4.2HI/c1-11-5-6-12(2)9(11)10-13(3)7-8-14(10)4;;/h5-8H,1-4H3;2*1H/q+2;;/p-2. The number of aromatic nitrogens is 4. The van der Waals surface area contributed by atoms with Gasteiger partial charge in [-0.15, -0.1) is 0 Å². The lowest BCUT2D eigenvalue weighted by molar-refractivity contribution is -0.690. The van der Waals surface area contributed by atoms with E-state index in [0.29, 0.717) is 0 Å². The van der Waals surface area contributed by atoms with Crippen LogP contribution in [0, 0.1) is 0 Å². The van der Waals surface area contributed by atoms with Crippen LogP contribution in [0.2, 0.25) is 0 Å². The molecule has 90 valence electrons. The fourth-order valence-electron chi connectivity index (χ4n) is 1.81. The molecule has 0 bridgehead atoms. The maximum Gasteiger partial charge on any atom is 0.372 e. The first-order valence-corrected chi connectivity index (χ1v) is 4.63. The van der Waals surface area contributed by atoms with Gasteiger partial charge in [0, 0.05) is 0 Å². The van der Waals surface area contributed by atoms with Crippen LogP contribution < -0.4 is 57.1 Å². The van der Waals surface area contributed by atoms with Gasteiger partial charge in [0.1, 0.15) is 24.8 Å². The molecule has 2 aromatic rings. The van der Waals surface area contributed by atoms with Crippen molar-refractivity contribution in [1.29, 1.82) is 0 Å². The second kappa shape index (κ2) is 5.99. The summed E-state index contributed by atoms with van der Waals surface area (Å²) in [6, 6.07) is 0. The Morgan fingerprint density at radius 2 is 1.12 bits per heavy atom. The number of hydrogen-bond acceptors (Lipinski definition) is 0. The topological polar surface area (TPSA) is 17.6 Å². The molecule has 0 aliphatic rings. The molecule has 0 radical (unpaired) electrons. The highest BCUT2D eigenvalue weighted by Gasteiger charge is 2.26. The van der Waals surface area contributed by atoms with E-state index in [-0.39, 0.29) is 48.0 Å². The third-order valence-corrected chi connectivity index (χ3v) is 2.56. The first kappa shape index (κ1) is 15.9. The van der Waals surface area contributed by atoms with Crippen molar-refractivity contribution < 1.29 is 57.1 Å². The summed E-state index contributed by atoms with van der Waals surface area (Å²) in [4.78, 5) is 0. The molecule has 0 aliphatic heterocycles. The minimum absolute atomic E-state index is 0. The summed E-state index contributed by atoms with van der Waals surface area (Å²) in [5.74, 6) is 2.39. The van der Waals surface area contributed by atoms with Crippen LogP contribution in [0.3, 0.4) is 0 Å². The lowest BCUT2D eigenvalue weighted by atomic mass is 10.5. The smallest absolute Gasteiger partial charge is 0.372 e. The van der Waals surface area contributed by atoms with Crippen LogP contribution in [0.25, 0.3) is 11.6 Å². The summed E-state index contributed by atoms with van der Waals surface area (Å²) in [6.45, 7) is 0. The van der Waals surface area contributed by atoms with Gasteiger partial charge in [-0.3, -0.25) is 0 Å². The predicted octanol–water partition coefficient (Wildman–Crippen LogP) is -6.31. The van der Waals surface area contributed by atoms with E-state index in [2.05, 4.69) is 71.2 Å². The zero-order valence-electron chi connectivity index (χ0n) is 9.85. The van der Waals surface area contributed by atoms with Gasteiger partial charge in [0.15, 0.2) is 0 Å². The van der Waals surface area contributed by atoms with Crippen LogP contribution in [0.15, 0.2) is 24.8 Å². The van der Waals surface area contributed by atoms with Crippen molar-refractivity contribution in [2.75, 3.05) is 0 Å². The van der Waals surface area contributed by atoms with E-state index in [1.807, 2.05) is 0 Å². The summed E-state index contributed by atoms with van der Waals surface area (Å²) >= 11 is 0.